The van der Waals surface area contributed by atoms with Crippen LogP contribution in [0, 0.1) is 19.8 Å². The quantitative estimate of drug-likeness (QED) is 0.812. The summed E-state index contributed by atoms with van der Waals surface area (Å²) in [7, 11) is 2.25. The Bertz CT molecular complexity index is 490. The van der Waals surface area contributed by atoms with Crippen LogP contribution >= 0.6 is 0 Å². The van der Waals surface area contributed by atoms with Crippen LogP contribution in [0.3, 0.4) is 0 Å². The largest absolute Gasteiger partial charge is 0.329 e. The van der Waals surface area contributed by atoms with Gasteiger partial charge >= 0.3 is 0 Å². The van der Waals surface area contributed by atoms with Crippen molar-refractivity contribution in [2.45, 2.75) is 52.4 Å². The summed E-state index contributed by atoms with van der Waals surface area (Å²) >= 11 is 0. The van der Waals surface area contributed by atoms with E-state index in [9.17, 15) is 0 Å². The highest BCUT2D eigenvalue weighted by Crippen LogP contribution is 2.29. The van der Waals surface area contributed by atoms with E-state index in [0.29, 0.717) is 0 Å². The maximum atomic E-state index is 5.86. The van der Waals surface area contributed by atoms with Crippen molar-refractivity contribution < 1.29 is 0 Å². The maximum Gasteiger partial charge on any atom is 0.101 e. The van der Waals surface area contributed by atoms with Crippen LogP contribution in [0.4, 0.5) is 0 Å². The van der Waals surface area contributed by atoms with Gasteiger partial charge in [-0.25, -0.2) is 0 Å². The highest BCUT2D eigenvalue weighted by Gasteiger charge is 2.36. The summed E-state index contributed by atoms with van der Waals surface area (Å²) in [5.41, 5.74) is 12.1. The Kier molecular flexibility index (Phi) is 5.16. The minimum atomic E-state index is 0.159. The monoisotopic (exact) mass is 286 g/mol. The highest BCUT2D eigenvalue weighted by atomic mass is 15.3. The topological polar surface area (TPSA) is 29.3 Å². The van der Waals surface area contributed by atoms with Crippen LogP contribution in [-0.4, -0.2) is 37.9 Å². The van der Waals surface area contributed by atoms with E-state index in [1.165, 1.54) is 48.9 Å². The predicted octanol–water partition coefficient (Wildman–Crippen LogP) is 2.11. The van der Waals surface area contributed by atoms with Gasteiger partial charge in [-0.05, 0) is 68.7 Å². The molecule has 1 aromatic rings. The average molecular weight is 286 g/mol. The van der Waals surface area contributed by atoms with E-state index in [1.807, 2.05) is 0 Å². The molecule has 0 bridgehead atoms. The lowest BCUT2D eigenvalue weighted by Gasteiger charge is -2.49. The van der Waals surface area contributed by atoms with Gasteiger partial charge in [0.2, 0.25) is 0 Å². The fourth-order valence-corrected chi connectivity index (χ4v) is 3.33. The van der Waals surface area contributed by atoms with Crippen molar-refractivity contribution in [1.29, 1.82) is 0 Å². The molecule has 21 heavy (non-hydrogen) atoms. The number of rotatable bonds is 6. The third-order valence-electron chi connectivity index (χ3n) is 5.35. The summed E-state index contributed by atoms with van der Waals surface area (Å²) in [5.74, 6) is 0.797. The van der Waals surface area contributed by atoms with Crippen molar-refractivity contribution in [2.24, 2.45) is 11.7 Å². The van der Waals surface area contributed by atoms with Gasteiger partial charge in [0.05, 0.1) is 0 Å². The minimum absolute atomic E-state index is 0.159. The van der Waals surface area contributed by atoms with E-state index < -0.39 is 0 Å². The summed E-state index contributed by atoms with van der Waals surface area (Å²) in [6, 6.07) is 4.71. The van der Waals surface area contributed by atoms with Crippen molar-refractivity contribution in [3.8, 4) is 0 Å². The molecule has 0 aromatic heterocycles. The number of likely N-dealkylation sites (tertiary alicyclic amines) is 1. The molecular weight excluding hydrogens is 255 g/mol. The van der Waals surface area contributed by atoms with Gasteiger partial charge < -0.3 is 5.73 Å². The van der Waals surface area contributed by atoms with E-state index in [-0.39, 0.29) is 5.54 Å². The fourth-order valence-electron chi connectivity index (χ4n) is 3.33. The predicted molar refractivity (Wildman–Crippen MR) is 94.9 cm³/mol. The summed E-state index contributed by atoms with van der Waals surface area (Å²) in [6.07, 6.45) is 3.65. The second-order valence-electron chi connectivity index (χ2n) is 7.38. The van der Waals surface area contributed by atoms with Crippen LogP contribution in [-0.2, 0) is 12.8 Å². The van der Waals surface area contributed by atoms with E-state index in [1.54, 1.807) is 5.56 Å². The molecule has 2 N–H and O–H groups in total. The van der Waals surface area contributed by atoms with Crippen molar-refractivity contribution >= 4 is 7.85 Å². The zero-order chi connectivity index (χ0) is 15.6. The molecule has 1 aliphatic heterocycles. The lowest BCUT2D eigenvalue weighted by atomic mass is 9.84. The molecule has 0 amide bonds. The molecule has 0 atom stereocenters. The van der Waals surface area contributed by atoms with E-state index in [0.717, 1.165) is 12.5 Å². The molecule has 1 fully saturated rings. The Hall–Kier alpha value is -0.795. The zero-order valence-corrected chi connectivity index (χ0v) is 14.5. The molecule has 1 aliphatic rings. The number of hydrogen-bond acceptors (Lipinski definition) is 2. The lowest BCUT2D eigenvalue weighted by Crippen LogP contribution is -2.60. The van der Waals surface area contributed by atoms with Crippen molar-refractivity contribution in [2.75, 3.05) is 19.6 Å². The second-order valence-corrected chi connectivity index (χ2v) is 7.38. The molecule has 0 unspecified atom stereocenters. The fraction of sp³-hybridized carbons (Fsp3) is 0.667. The van der Waals surface area contributed by atoms with Gasteiger partial charge in [0.25, 0.3) is 0 Å². The van der Waals surface area contributed by atoms with E-state index in [2.05, 4.69) is 52.6 Å². The molecule has 0 radical (unpaired) electrons. The van der Waals surface area contributed by atoms with Gasteiger partial charge in [-0.3, -0.25) is 4.90 Å². The van der Waals surface area contributed by atoms with Crippen LogP contribution in [0.25, 0.3) is 0 Å². The number of nitrogens with zero attached hydrogens (tertiary/aromatic N) is 1. The van der Waals surface area contributed by atoms with Gasteiger partial charge in [-0.1, -0.05) is 18.5 Å². The summed E-state index contributed by atoms with van der Waals surface area (Å²) in [6.45, 7) is 12.2. The van der Waals surface area contributed by atoms with Crippen molar-refractivity contribution in [3.05, 3.63) is 34.4 Å². The first-order chi connectivity index (χ1) is 9.89. The molecular formula is C18H31BN2. The third-order valence-corrected chi connectivity index (χ3v) is 5.35. The summed E-state index contributed by atoms with van der Waals surface area (Å²) in [4.78, 5) is 2.52. The minimum Gasteiger partial charge on any atom is -0.329 e. The first-order valence-electron chi connectivity index (χ1n) is 8.42. The van der Waals surface area contributed by atoms with Crippen LogP contribution in [0.1, 0.15) is 36.1 Å². The van der Waals surface area contributed by atoms with Crippen LogP contribution in [0.5, 0.6) is 0 Å². The van der Waals surface area contributed by atoms with Crippen LogP contribution < -0.4 is 5.73 Å². The number of aryl methyl sites for hydroxylation is 1. The Morgan fingerprint density at radius 3 is 2.33 bits per heavy atom. The highest BCUT2D eigenvalue weighted by molar-refractivity contribution is 6.08. The standard InChI is InChI=1S/C18H31BN2/c1-13-14(2)17(6-5-16(13)7-8-19)9-15-10-21(11-15)18(3,4)12-20/h5-6,15H,7-12,19-20H2,1-4H3. The SMILES string of the molecule is BCCc1ccc(CC2CN(C(C)(C)CN)C2)c(C)c1C. The molecule has 0 aliphatic carbocycles. The molecule has 2 rings (SSSR count). The normalized spacial score (nSPS) is 17.0. The van der Waals surface area contributed by atoms with Crippen molar-refractivity contribution in [1.82, 2.24) is 4.90 Å². The number of nitrogens with two attached hydrogens (primary N) is 1. The van der Waals surface area contributed by atoms with Gasteiger partial charge in [0, 0.05) is 25.2 Å². The Balaban J connectivity index is 1.98. The van der Waals surface area contributed by atoms with E-state index >= 15 is 0 Å². The average Bonchev–Trinajstić information content (AvgIpc) is 2.40. The molecule has 1 heterocycles. The van der Waals surface area contributed by atoms with Crippen LogP contribution in [0.15, 0.2) is 12.1 Å². The second kappa shape index (κ2) is 6.54. The number of benzene rings is 1. The molecule has 2 nitrogen and oxygen atoms in total. The molecule has 0 spiro atoms. The molecule has 1 saturated heterocycles. The number of hydrogen-bond donors (Lipinski definition) is 1. The first kappa shape index (κ1) is 16.6. The van der Waals surface area contributed by atoms with Gasteiger partial charge in [-0.2, -0.15) is 0 Å². The molecule has 0 saturated carbocycles. The Labute approximate surface area is 131 Å². The maximum absolute atomic E-state index is 5.86. The third kappa shape index (κ3) is 3.52. The van der Waals surface area contributed by atoms with Gasteiger partial charge in [0.1, 0.15) is 7.85 Å². The van der Waals surface area contributed by atoms with E-state index in [4.69, 9.17) is 5.73 Å². The lowest BCUT2D eigenvalue weighted by molar-refractivity contribution is 0.00898. The van der Waals surface area contributed by atoms with Gasteiger partial charge in [-0.15, -0.1) is 0 Å². The molecule has 3 heteroatoms. The smallest absolute Gasteiger partial charge is 0.101 e. The molecule has 1 aromatic carbocycles. The summed E-state index contributed by atoms with van der Waals surface area (Å²) in [5, 5.41) is 0. The zero-order valence-electron chi connectivity index (χ0n) is 14.5. The summed E-state index contributed by atoms with van der Waals surface area (Å²) < 4.78 is 0. The van der Waals surface area contributed by atoms with Gasteiger partial charge in [0.15, 0.2) is 0 Å². The Morgan fingerprint density at radius 1 is 1.19 bits per heavy atom. The first-order valence-corrected chi connectivity index (χ1v) is 8.42. The van der Waals surface area contributed by atoms with Crippen molar-refractivity contribution in [3.63, 3.8) is 0 Å². The van der Waals surface area contributed by atoms with Crippen LogP contribution in [0.2, 0.25) is 6.32 Å². The Morgan fingerprint density at radius 2 is 1.76 bits per heavy atom. The molecule has 116 valence electrons.